The maximum atomic E-state index is 12.4. The second-order valence-electron chi connectivity index (χ2n) is 7.08. The highest BCUT2D eigenvalue weighted by Gasteiger charge is 2.40. The summed E-state index contributed by atoms with van der Waals surface area (Å²) >= 11 is 0. The van der Waals surface area contributed by atoms with Crippen LogP contribution in [-0.2, 0) is 4.79 Å². The standard InChI is InChI=1S/C19H27NO/c1-3-18(15-7-4-13(2)5-8-15)20-19(21)12-17-11-14-6-9-16(17)10-14/h4-5,7-8,14,16-18H,3,6,9-12H2,1-2H3,(H,20,21)/t14-,16-,17+,18+/m0/s1. The number of fused-ring (bicyclic) bond motifs is 2. The van der Waals surface area contributed by atoms with E-state index in [0.717, 1.165) is 24.7 Å². The molecule has 1 amide bonds. The first-order chi connectivity index (χ1) is 10.2. The minimum absolute atomic E-state index is 0.164. The van der Waals surface area contributed by atoms with Crippen molar-refractivity contribution in [3.8, 4) is 0 Å². The number of hydrogen-bond acceptors (Lipinski definition) is 1. The Morgan fingerprint density at radius 1 is 1.24 bits per heavy atom. The maximum Gasteiger partial charge on any atom is 0.220 e. The molecule has 4 atom stereocenters. The van der Waals surface area contributed by atoms with Crippen molar-refractivity contribution in [2.45, 2.75) is 58.4 Å². The highest BCUT2D eigenvalue weighted by molar-refractivity contribution is 5.76. The largest absolute Gasteiger partial charge is 0.349 e. The van der Waals surface area contributed by atoms with Crippen molar-refractivity contribution in [3.63, 3.8) is 0 Å². The van der Waals surface area contributed by atoms with Gasteiger partial charge in [0.1, 0.15) is 0 Å². The first-order valence-electron chi connectivity index (χ1n) is 8.51. The Bertz CT molecular complexity index is 493. The van der Waals surface area contributed by atoms with Crippen LogP contribution in [0.15, 0.2) is 24.3 Å². The summed E-state index contributed by atoms with van der Waals surface area (Å²) < 4.78 is 0. The molecule has 2 aliphatic rings. The Balaban J connectivity index is 1.56. The van der Waals surface area contributed by atoms with Gasteiger partial charge >= 0.3 is 0 Å². The normalized spacial score (nSPS) is 28.6. The lowest BCUT2D eigenvalue weighted by Gasteiger charge is -2.23. The van der Waals surface area contributed by atoms with E-state index < -0.39 is 0 Å². The fourth-order valence-electron chi connectivity index (χ4n) is 4.34. The lowest BCUT2D eigenvalue weighted by atomic mass is 9.86. The number of carbonyl (C=O) groups is 1. The van der Waals surface area contributed by atoms with Crippen LogP contribution in [0, 0.1) is 24.7 Å². The number of hydrogen-bond donors (Lipinski definition) is 1. The average Bonchev–Trinajstić information content (AvgIpc) is 3.08. The van der Waals surface area contributed by atoms with Gasteiger partial charge in [-0.05, 0) is 55.9 Å². The van der Waals surface area contributed by atoms with Crippen molar-refractivity contribution in [2.75, 3.05) is 0 Å². The van der Waals surface area contributed by atoms with Gasteiger partial charge in [-0.2, -0.15) is 0 Å². The zero-order chi connectivity index (χ0) is 14.8. The van der Waals surface area contributed by atoms with E-state index in [-0.39, 0.29) is 11.9 Å². The van der Waals surface area contributed by atoms with Gasteiger partial charge < -0.3 is 5.32 Å². The summed E-state index contributed by atoms with van der Waals surface area (Å²) in [5, 5.41) is 3.25. The summed E-state index contributed by atoms with van der Waals surface area (Å²) in [5.74, 6) is 2.66. The molecule has 2 fully saturated rings. The van der Waals surface area contributed by atoms with Crippen LogP contribution < -0.4 is 5.32 Å². The molecule has 0 radical (unpaired) electrons. The Morgan fingerprint density at radius 2 is 2.00 bits per heavy atom. The van der Waals surface area contributed by atoms with Gasteiger partial charge in [0, 0.05) is 6.42 Å². The van der Waals surface area contributed by atoms with E-state index in [1.54, 1.807) is 0 Å². The van der Waals surface area contributed by atoms with Gasteiger partial charge in [0.05, 0.1) is 6.04 Å². The molecule has 2 bridgehead atoms. The van der Waals surface area contributed by atoms with E-state index >= 15 is 0 Å². The molecule has 0 heterocycles. The fourth-order valence-corrected chi connectivity index (χ4v) is 4.34. The molecule has 2 nitrogen and oxygen atoms in total. The first kappa shape index (κ1) is 14.6. The number of rotatable bonds is 5. The number of nitrogens with one attached hydrogen (secondary N) is 1. The summed E-state index contributed by atoms with van der Waals surface area (Å²) in [6.45, 7) is 4.24. The summed E-state index contributed by atoms with van der Waals surface area (Å²) in [7, 11) is 0. The number of amides is 1. The van der Waals surface area contributed by atoms with E-state index in [1.165, 1.54) is 36.8 Å². The Morgan fingerprint density at radius 3 is 2.57 bits per heavy atom. The molecule has 0 saturated heterocycles. The lowest BCUT2D eigenvalue weighted by molar-refractivity contribution is -0.123. The molecule has 1 aromatic rings. The van der Waals surface area contributed by atoms with Gasteiger partial charge in [-0.3, -0.25) is 4.79 Å². The number of benzene rings is 1. The van der Waals surface area contributed by atoms with Gasteiger partial charge in [0.15, 0.2) is 0 Å². The summed E-state index contributed by atoms with van der Waals surface area (Å²) in [6.07, 6.45) is 7.13. The van der Waals surface area contributed by atoms with Crippen LogP contribution in [0.5, 0.6) is 0 Å². The van der Waals surface area contributed by atoms with Gasteiger partial charge in [0.25, 0.3) is 0 Å². The predicted molar refractivity (Wildman–Crippen MR) is 85.9 cm³/mol. The molecule has 0 spiro atoms. The second kappa shape index (κ2) is 6.21. The zero-order valence-corrected chi connectivity index (χ0v) is 13.3. The van der Waals surface area contributed by atoms with Gasteiger partial charge in [0.2, 0.25) is 5.91 Å². The quantitative estimate of drug-likeness (QED) is 0.854. The van der Waals surface area contributed by atoms with Crippen molar-refractivity contribution in [1.82, 2.24) is 5.32 Å². The molecule has 114 valence electrons. The molecule has 0 aliphatic heterocycles. The maximum absolute atomic E-state index is 12.4. The van der Waals surface area contributed by atoms with Crippen molar-refractivity contribution in [1.29, 1.82) is 0 Å². The van der Waals surface area contributed by atoms with Crippen LogP contribution >= 0.6 is 0 Å². The number of aryl methyl sites for hydroxylation is 1. The SMILES string of the molecule is CC[C@@H](NC(=O)C[C@H]1C[C@H]2CC[C@H]1C2)c1ccc(C)cc1. The smallest absolute Gasteiger partial charge is 0.220 e. The van der Waals surface area contributed by atoms with Crippen LogP contribution in [-0.4, -0.2) is 5.91 Å². The topological polar surface area (TPSA) is 29.1 Å². The molecule has 1 aromatic carbocycles. The molecular weight excluding hydrogens is 258 g/mol. The van der Waals surface area contributed by atoms with Crippen LogP contribution in [0.25, 0.3) is 0 Å². The number of carbonyl (C=O) groups excluding carboxylic acids is 1. The third kappa shape index (κ3) is 3.30. The fraction of sp³-hybridized carbons (Fsp3) is 0.632. The van der Waals surface area contributed by atoms with E-state index in [4.69, 9.17) is 0 Å². The van der Waals surface area contributed by atoms with E-state index in [1.807, 2.05) is 0 Å². The molecule has 0 aromatic heterocycles. The van der Waals surface area contributed by atoms with Crippen LogP contribution in [0.1, 0.15) is 62.6 Å². The minimum Gasteiger partial charge on any atom is -0.349 e. The van der Waals surface area contributed by atoms with Crippen molar-refractivity contribution < 1.29 is 4.79 Å². The molecule has 2 aliphatic carbocycles. The minimum atomic E-state index is 0.164. The third-order valence-electron chi connectivity index (χ3n) is 5.56. The van der Waals surface area contributed by atoms with Crippen LogP contribution in [0.3, 0.4) is 0 Å². The van der Waals surface area contributed by atoms with Crippen molar-refractivity contribution in [3.05, 3.63) is 35.4 Å². The molecule has 1 N–H and O–H groups in total. The van der Waals surface area contributed by atoms with Crippen LogP contribution in [0.2, 0.25) is 0 Å². The third-order valence-corrected chi connectivity index (χ3v) is 5.56. The van der Waals surface area contributed by atoms with E-state index in [9.17, 15) is 4.79 Å². The Kier molecular flexibility index (Phi) is 4.32. The van der Waals surface area contributed by atoms with Gasteiger partial charge in [-0.15, -0.1) is 0 Å². The van der Waals surface area contributed by atoms with Gasteiger partial charge in [-0.1, -0.05) is 43.2 Å². The molecule has 0 unspecified atom stereocenters. The molecule has 2 heteroatoms. The average molecular weight is 285 g/mol. The second-order valence-corrected chi connectivity index (χ2v) is 7.08. The molecule has 2 saturated carbocycles. The van der Waals surface area contributed by atoms with E-state index in [2.05, 4.69) is 43.4 Å². The molecular formula is C19H27NO. The first-order valence-corrected chi connectivity index (χ1v) is 8.51. The molecule has 21 heavy (non-hydrogen) atoms. The molecule has 3 rings (SSSR count). The predicted octanol–water partition coefficient (Wildman–Crippen LogP) is 4.39. The summed E-state index contributed by atoms with van der Waals surface area (Å²) in [4.78, 5) is 12.4. The summed E-state index contributed by atoms with van der Waals surface area (Å²) in [6, 6.07) is 8.69. The lowest BCUT2D eigenvalue weighted by Crippen LogP contribution is -2.30. The van der Waals surface area contributed by atoms with Crippen LogP contribution in [0.4, 0.5) is 0 Å². The van der Waals surface area contributed by atoms with Gasteiger partial charge in [-0.25, -0.2) is 0 Å². The van der Waals surface area contributed by atoms with E-state index in [0.29, 0.717) is 5.92 Å². The highest BCUT2D eigenvalue weighted by atomic mass is 16.1. The zero-order valence-electron chi connectivity index (χ0n) is 13.3. The Hall–Kier alpha value is -1.31. The van der Waals surface area contributed by atoms with Crippen molar-refractivity contribution in [2.24, 2.45) is 17.8 Å². The van der Waals surface area contributed by atoms with Crippen molar-refractivity contribution >= 4 is 5.91 Å². The summed E-state index contributed by atoms with van der Waals surface area (Å²) in [5.41, 5.74) is 2.49. The monoisotopic (exact) mass is 285 g/mol. The Labute approximate surface area is 128 Å². The highest BCUT2D eigenvalue weighted by Crippen LogP contribution is 2.49.